The van der Waals surface area contributed by atoms with Crippen LogP contribution in [0.1, 0.15) is 30.0 Å². The molecule has 0 bridgehead atoms. The van der Waals surface area contributed by atoms with Crippen LogP contribution in [0, 0.1) is 0 Å². The van der Waals surface area contributed by atoms with Gasteiger partial charge in [0.05, 0.1) is 17.5 Å². The molecular weight excluding hydrogens is 316 g/mol. The minimum Gasteiger partial charge on any atom is -0.352 e. The van der Waals surface area contributed by atoms with E-state index in [-0.39, 0.29) is 11.6 Å². The van der Waals surface area contributed by atoms with Crippen molar-refractivity contribution in [1.29, 1.82) is 0 Å². The quantitative estimate of drug-likeness (QED) is 0.681. The van der Waals surface area contributed by atoms with Crippen molar-refractivity contribution in [2.24, 2.45) is 0 Å². The standard InChI is InChI=1S/C13H11F6NO2/c1-7(21)2-11(22)20-6-8-3-9(12(14,15)16)5-10(4-8)13(17,18)19/h3-5H,2,6H2,1H3,(H,20,22). The summed E-state index contributed by atoms with van der Waals surface area (Å²) in [6.45, 7) is 0.588. The molecule has 0 aliphatic rings. The molecule has 1 rings (SSSR count). The highest BCUT2D eigenvalue weighted by Crippen LogP contribution is 2.36. The van der Waals surface area contributed by atoms with E-state index in [2.05, 4.69) is 5.32 Å². The van der Waals surface area contributed by atoms with Crippen molar-refractivity contribution in [2.45, 2.75) is 32.2 Å². The van der Waals surface area contributed by atoms with Gasteiger partial charge in [-0.15, -0.1) is 0 Å². The third kappa shape index (κ3) is 5.38. The lowest BCUT2D eigenvalue weighted by molar-refractivity contribution is -0.143. The maximum absolute atomic E-state index is 12.6. The predicted molar refractivity (Wildman–Crippen MR) is 63.6 cm³/mol. The molecule has 3 nitrogen and oxygen atoms in total. The van der Waals surface area contributed by atoms with Crippen LogP contribution in [-0.2, 0) is 28.5 Å². The molecule has 0 unspecified atom stereocenters. The number of Topliss-reactive ketones (excluding diaryl/α,β-unsaturated/α-hetero) is 1. The highest BCUT2D eigenvalue weighted by atomic mass is 19.4. The fraction of sp³-hybridized carbons (Fsp3) is 0.385. The Hall–Kier alpha value is -2.06. The van der Waals surface area contributed by atoms with Gasteiger partial charge in [-0.05, 0) is 30.7 Å². The summed E-state index contributed by atoms with van der Waals surface area (Å²) in [5.41, 5.74) is -3.28. The van der Waals surface area contributed by atoms with Gasteiger partial charge in [-0.2, -0.15) is 26.3 Å². The third-order valence-electron chi connectivity index (χ3n) is 2.55. The van der Waals surface area contributed by atoms with Gasteiger partial charge in [0.1, 0.15) is 5.78 Å². The Morgan fingerprint density at radius 3 is 1.77 bits per heavy atom. The Labute approximate surface area is 121 Å². The van der Waals surface area contributed by atoms with E-state index in [1.807, 2.05) is 0 Å². The number of ketones is 1. The van der Waals surface area contributed by atoms with Gasteiger partial charge in [0, 0.05) is 6.54 Å². The molecule has 1 N–H and O–H groups in total. The maximum Gasteiger partial charge on any atom is 0.416 e. The summed E-state index contributed by atoms with van der Waals surface area (Å²) >= 11 is 0. The largest absolute Gasteiger partial charge is 0.416 e. The molecule has 0 aliphatic carbocycles. The Morgan fingerprint density at radius 2 is 1.41 bits per heavy atom. The molecule has 1 aromatic rings. The van der Waals surface area contributed by atoms with Gasteiger partial charge < -0.3 is 5.32 Å². The van der Waals surface area contributed by atoms with Gasteiger partial charge in [0.25, 0.3) is 0 Å². The van der Waals surface area contributed by atoms with E-state index in [4.69, 9.17) is 0 Å². The Kier molecular flexibility index (Phi) is 5.21. The topological polar surface area (TPSA) is 46.2 Å². The van der Waals surface area contributed by atoms with Crippen LogP contribution >= 0.6 is 0 Å². The second kappa shape index (κ2) is 6.37. The van der Waals surface area contributed by atoms with Gasteiger partial charge in [0.15, 0.2) is 0 Å². The van der Waals surface area contributed by atoms with Crippen molar-refractivity contribution in [2.75, 3.05) is 0 Å². The number of hydrogen-bond donors (Lipinski definition) is 1. The molecule has 0 saturated heterocycles. The van der Waals surface area contributed by atoms with Gasteiger partial charge in [-0.3, -0.25) is 9.59 Å². The molecular formula is C13H11F6NO2. The Bertz CT molecular complexity index is 545. The minimum atomic E-state index is -4.95. The smallest absolute Gasteiger partial charge is 0.352 e. The second-order valence-electron chi connectivity index (χ2n) is 4.57. The summed E-state index contributed by atoms with van der Waals surface area (Å²) < 4.78 is 75.6. The fourth-order valence-electron chi connectivity index (χ4n) is 1.61. The summed E-state index contributed by atoms with van der Waals surface area (Å²) in [6.07, 6.45) is -10.4. The SMILES string of the molecule is CC(=O)CC(=O)NCc1cc(C(F)(F)F)cc(C(F)(F)F)c1. The molecule has 1 amide bonds. The zero-order valence-corrected chi connectivity index (χ0v) is 11.2. The van der Waals surface area contributed by atoms with Gasteiger partial charge >= 0.3 is 12.4 Å². The first-order valence-electron chi connectivity index (χ1n) is 5.94. The number of carbonyl (C=O) groups is 2. The highest BCUT2D eigenvalue weighted by Gasteiger charge is 2.36. The number of carbonyl (C=O) groups excluding carboxylic acids is 2. The predicted octanol–water partition coefficient (Wildman–Crippen LogP) is 3.32. The number of rotatable bonds is 4. The summed E-state index contributed by atoms with van der Waals surface area (Å²) in [7, 11) is 0. The molecule has 0 radical (unpaired) electrons. The molecule has 0 saturated carbocycles. The molecule has 9 heteroatoms. The second-order valence-corrected chi connectivity index (χ2v) is 4.57. The third-order valence-corrected chi connectivity index (χ3v) is 2.55. The number of amides is 1. The van der Waals surface area contributed by atoms with E-state index in [0.717, 1.165) is 6.92 Å². The number of alkyl halides is 6. The van der Waals surface area contributed by atoms with Crippen LogP contribution in [0.2, 0.25) is 0 Å². The molecule has 122 valence electrons. The van der Waals surface area contributed by atoms with Crippen molar-refractivity contribution in [3.05, 3.63) is 34.9 Å². The maximum atomic E-state index is 12.6. The average molecular weight is 327 g/mol. The molecule has 0 aliphatic heterocycles. The van der Waals surface area contributed by atoms with Crippen LogP contribution < -0.4 is 5.32 Å². The monoisotopic (exact) mass is 327 g/mol. The van der Waals surface area contributed by atoms with Crippen LogP contribution in [0.5, 0.6) is 0 Å². The summed E-state index contributed by atoms with van der Waals surface area (Å²) in [5, 5.41) is 2.09. The van der Waals surface area contributed by atoms with E-state index < -0.39 is 48.1 Å². The zero-order chi connectivity index (χ0) is 17.1. The lowest BCUT2D eigenvalue weighted by atomic mass is 10.0. The zero-order valence-electron chi connectivity index (χ0n) is 11.2. The molecule has 1 aromatic carbocycles. The van der Waals surface area contributed by atoms with E-state index >= 15 is 0 Å². The molecule has 0 heterocycles. The molecule has 0 aromatic heterocycles. The summed E-state index contributed by atoms with van der Waals surface area (Å²) in [4.78, 5) is 21.9. The first-order chi connectivity index (χ1) is 9.89. The van der Waals surface area contributed by atoms with Crippen LogP contribution in [0.15, 0.2) is 18.2 Å². The van der Waals surface area contributed by atoms with E-state index in [1.165, 1.54) is 0 Å². The minimum absolute atomic E-state index is 0.000883. The van der Waals surface area contributed by atoms with E-state index in [0.29, 0.717) is 12.1 Å². The van der Waals surface area contributed by atoms with Gasteiger partial charge in [-0.25, -0.2) is 0 Å². The first kappa shape index (κ1) is 18.0. The number of benzene rings is 1. The Morgan fingerprint density at radius 1 is 0.955 bits per heavy atom. The summed E-state index contributed by atoms with van der Waals surface area (Å²) in [5.74, 6) is -1.25. The summed E-state index contributed by atoms with van der Waals surface area (Å²) in [6, 6.07) is 1.04. The van der Waals surface area contributed by atoms with E-state index in [1.54, 1.807) is 0 Å². The molecule has 0 fully saturated rings. The van der Waals surface area contributed by atoms with Gasteiger partial charge in [0.2, 0.25) is 5.91 Å². The normalized spacial score (nSPS) is 12.1. The fourth-order valence-corrected chi connectivity index (χ4v) is 1.61. The lowest BCUT2D eigenvalue weighted by Crippen LogP contribution is -2.25. The number of halogens is 6. The molecule has 0 atom stereocenters. The van der Waals surface area contributed by atoms with Crippen LogP contribution in [0.25, 0.3) is 0 Å². The highest BCUT2D eigenvalue weighted by molar-refractivity contribution is 5.96. The lowest BCUT2D eigenvalue weighted by Gasteiger charge is -2.14. The van der Waals surface area contributed by atoms with E-state index in [9.17, 15) is 35.9 Å². The van der Waals surface area contributed by atoms with Gasteiger partial charge in [-0.1, -0.05) is 0 Å². The van der Waals surface area contributed by atoms with Crippen LogP contribution in [0.3, 0.4) is 0 Å². The van der Waals surface area contributed by atoms with Crippen LogP contribution in [0.4, 0.5) is 26.3 Å². The van der Waals surface area contributed by atoms with Crippen molar-refractivity contribution in [3.8, 4) is 0 Å². The first-order valence-corrected chi connectivity index (χ1v) is 5.94. The van der Waals surface area contributed by atoms with Crippen LogP contribution in [-0.4, -0.2) is 11.7 Å². The Balaban J connectivity index is 3.04. The number of nitrogens with one attached hydrogen (secondary N) is 1. The molecule has 22 heavy (non-hydrogen) atoms. The number of hydrogen-bond acceptors (Lipinski definition) is 2. The van der Waals surface area contributed by atoms with Crippen molar-refractivity contribution >= 4 is 11.7 Å². The average Bonchev–Trinajstić information content (AvgIpc) is 2.33. The van der Waals surface area contributed by atoms with Crippen molar-refractivity contribution in [3.63, 3.8) is 0 Å². The van der Waals surface area contributed by atoms with Crippen molar-refractivity contribution in [1.82, 2.24) is 5.32 Å². The van der Waals surface area contributed by atoms with Crippen molar-refractivity contribution < 1.29 is 35.9 Å². The molecule has 0 spiro atoms.